The van der Waals surface area contributed by atoms with Crippen molar-refractivity contribution in [3.63, 3.8) is 0 Å². The van der Waals surface area contributed by atoms with E-state index in [4.69, 9.17) is 10.5 Å². The van der Waals surface area contributed by atoms with Gasteiger partial charge in [0.25, 0.3) is 0 Å². The Kier molecular flexibility index (Phi) is 4.34. The van der Waals surface area contributed by atoms with Crippen molar-refractivity contribution in [2.24, 2.45) is 0 Å². The highest BCUT2D eigenvalue weighted by atomic mass is 16.5. The summed E-state index contributed by atoms with van der Waals surface area (Å²) in [6, 6.07) is 5.95. The van der Waals surface area contributed by atoms with Crippen LogP contribution in [0.2, 0.25) is 0 Å². The molecule has 1 atom stereocenters. The first-order chi connectivity index (χ1) is 8.74. The molecule has 3 nitrogen and oxygen atoms in total. The molecule has 0 spiro atoms. The smallest absolute Gasteiger partial charge is 0.143 e. The van der Waals surface area contributed by atoms with Crippen molar-refractivity contribution in [1.29, 1.82) is 0 Å². The van der Waals surface area contributed by atoms with E-state index in [-0.39, 0.29) is 0 Å². The molecule has 2 N–H and O–H groups in total. The van der Waals surface area contributed by atoms with Gasteiger partial charge in [0, 0.05) is 12.2 Å². The second kappa shape index (κ2) is 5.98. The number of hydrogen-bond donors (Lipinski definition) is 1. The normalized spacial score (nSPS) is 18.3. The molecule has 100 valence electrons. The van der Waals surface area contributed by atoms with E-state index in [1.165, 1.54) is 19.3 Å². The molecule has 1 aromatic rings. The monoisotopic (exact) mass is 248 g/mol. The maximum Gasteiger partial charge on any atom is 0.143 e. The minimum absolute atomic E-state index is 0.308. The third-order valence-corrected chi connectivity index (χ3v) is 3.53. The topological polar surface area (TPSA) is 38.5 Å². The Morgan fingerprint density at radius 2 is 2.17 bits per heavy atom. The summed E-state index contributed by atoms with van der Waals surface area (Å²) in [5.74, 6) is 0.985. The van der Waals surface area contributed by atoms with Crippen molar-refractivity contribution >= 4 is 11.4 Å². The molecular weight excluding hydrogens is 224 g/mol. The van der Waals surface area contributed by atoms with Gasteiger partial charge in [-0.25, -0.2) is 0 Å². The first-order valence-corrected chi connectivity index (χ1v) is 7.05. The van der Waals surface area contributed by atoms with Gasteiger partial charge in [-0.15, -0.1) is 0 Å². The van der Waals surface area contributed by atoms with E-state index in [0.29, 0.717) is 6.10 Å². The van der Waals surface area contributed by atoms with Crippen molar-refractivity contribution < 1.29 is 4.74 Å². The molecule has 1 aromatic carbocycles. The van der Waals surface area contributed by atoms with Crippen molar-refractivity contribution in [2.75, 3.05) is 23.7 Å². The number of ether oxygens (including phenoxy) is 1. The molecule has 0 saturated heterocycles. The molecule has 0 bridgehead atoms. The Morgan fingerprint density at radius 1 is 1.33 bits per heavy atom. The maximum atomic E-state index is 5.98. The molecule has 1 heterocycles. The second-order valence-corrected chi connectivity index (χ2v) is 5.03. The van der Waals surface area contributed by atoms with Crippen LogP contribution in [0.15, 0.2) is 18.2 Å². The highest BCUT2D eigenvalue weighted by Gasteiger charge is 2.24. The predicted molar refractivity (Wildman–Crippen MR) is 77.3 cm³/mol. The fourth-order valence-electron chi connectivity index (χ4n) is 2.42. The standard InChI is InChI=1S/C15H24N2O/c1-3-5-6-9-17-11-13(4-2)18-15-8-7-12(16)10-14(15)17/h7-8,10,13H,3-6,9,11,16H2,1-2H3. The maximum absolute atomic E-state index is 5.98. The summed E-state index contributed by atoms with van der Waals surface area (Å²) in [5, 5.41) is 0. The zero-order valence-corrected chi connectivity index (χ0v) is 11.5. The predicted octanol–water partition coefficient (Wildman–Crippen LogP) is 3.44. The molecular formula is C15H24N2O. The third-order valence-electron chi connectivity index (χ3n) is 3.53. The van der Waals surface area contributed by atoms with Crippen LogP contribution in [0.4, 0.5) is 11.4 Å². The lowest BCUT2D eigenvalue weighted by Gasteiger charge is -2.36. The van der Waals surface area contributed by atoms with Crippen LogP contribution in [0.5, 0.6) is 5.75 Å². The molecule has 1 unspecified atom stereocenters. The van der Waals surface area contributed by atoms with E-state index in [1.807, 2.05) is 18.2 Å². The first-order valence-electron chi connectivity index (χ1n) is 7.05. The summed E-state index contributed by atoms with van der Waals surface area (Å²) in [6.45, 7) is 6.50. The minimum atomic E-state index is 0.308. The number of fused-ring (bicyclic) bond motifs is 1. The van der Waals surface area contributed by atoms with Crippen LogP contribution in [-0.4, -0.2) is 19.2 Å². The lowest BCUT2D eigenvalue weighted by atomic mass is 10.1. The summed E-state index contributed by atoms with van der Waals surface area (Å²) < 4.78 is 5.98. The largest absolute Gasteiger partial charge is 0.486 e. The number of nitrogen functional groups attached to an aromatic ring is 1. The van der Waals surface area contributed by atoms with Gasteiger partial charge in [0.1, 0.15) is 11.9 Å². The molecule has 3 heteroatoms. The molecule has 0 amide bonds. The van der Waals surface area contributed by atoms with Crippen LogP contribution in [0.25, 0.3) is 0 Å². The molecule has 1 aliphatic heterocycles. The van der Waals surface area contributed by atoms with Crippen molar-refractivity contribution in [3.8, 4) is 5.75 Å². The summed E-state index contributed by atoms with van der Waals surface area (Å²) in [5.41, 5.74) is 7.86. The van der Waals surface area contributed by atoms with Gasteiger partial charge < -0.3 is 15.4 Å². The quantitative estimate of drug-likeness (QED) is 0.641. The van der Waals surface area contributed by atoms with Gasteiger partial charge in [0.2, 0.25) is 0 Å². The summed E-state index contributed by atoms with van der Waals surface area (Å²) >= 11 is 0. The van der Waals surface area contributed by atoms with Gasteiger partial charge in [0.05, 0.1) is 12.2 Å². The van der Waals surface area contributed by atoms with Gasteiger partial charge in [-0.05, 0) is 31.0 Å². The molecule has 1 aliphatic rings. The zero-order chi connectivity index (χ0) is 13.0. The number of unbranched alkanes of at least 4 members (excludes halogenated alkanes) is 2. The number of anilines is 2. The second-order valence-electron chi connectivity index (χ2n) is 5.03. The SMILES string of the molecule is CCCCCN1CC(CC)Oc2ccc(N)cc21. The van der Waals surface area contributed by atoms with Crippen LogP contribution in [0.3, 0.4) is 0 Å². The Labute approximate surface area is 110 Å². The van der Waals surface area contributed by atoms with Crippen LogP contribution >= 0.6 is 0 Å². The number of nitrogens with two attached hydrogens (primary N) is 1. The van der Waals surface area contributed by atoms with Crippen molar-refractivity contribution in [3.05, 3.63) is 18.2 Å². The Bertz CT molecular complexity index is 392. The van der Waals surface area contributed by atoms with Crippen molar-refractivity contribution in [1.82, 2.24) is 0 Å². The number of nitrogens with zero attached hydrogens (tertiary/aromatic N) is 1. The third kappa shape index (κ3) is 2.89. The van der Waals surface area contributed by atoms with Gasteiger partial charge in [0.15, 0.2) is 0 Å². The van der Waals surface area contributed by atoms with Crippen LogP contribution in [0, 0.1) is 0 Å². The molecule has 0 aliphatic carbocycles. The van der Waals surface area contributed by atoms with Gasteiger partial charge in [-0.2, -0.15) is 0 Å². The number of benzene rings is 1. The van der Waals surface area contributed by atoms with E-state index in [9.17, 15) is 0 Å². The Balaban J connectivity index is 2.15. The number of rotatable bonds is 5. The fraction of sp³-hybridized carbons (Fsp3) is 0.600. The molecule has 2 rings (SSSR count). The highest BCUT2D eigenvalue weighted by molar-refractivity contribution is 5.66. The van der Waals surface area contributed by atoms with E-state index < -0.39 is 0 Å². The van der Waals surface area contributed by atoms with E-state index in [1.54, 1.807) is 0 Å². The van der Waals surface area contributed by atoms with E-state index >= 15 is 0 Å². The Morgan fingerprint density at radius 3 is 2.89 bits per heavy atom. The average molecular weight is 248 g/mol. The van der Waals surface area contributed by atoms with E-state index in [2.05, 4.69) is 18.7 Å². The van der Waals surface area contributed by atoms with E-state index in [0.717, 1.165) is 36.6 Å². The summed E-state index contributed by atoms with van der Waals surface area (Å²) in [7, 11) is 0. The lowest BCUT2D eigenvalue weighted by molar-refractivity contribution is 0.189. The molecule has 18 heavy (non-hydrogen) atoms. The summed E-state index contributed by atoms with van der Waals surface area (Å²) in [4.78, 5) is 2.43. The average Bonchev–Trinajstić information content (AvgIpc) is 2.39. The van der Waals surface area contributed by atoms with Gasteiger partial charge in [-0.3, -0.25) is 0 Å². The lowest BCUT2D eigenvalue weighted by Crippen LogP contribution is -2.40. The van der Waals surface area contributed by atoms with Crippen LogP contribution in [-0.2, 0) is 0 Å². The highest BCUT2D eigenvalue weighted by Crippen LogP contribution is 2.35. The first kappa shape index (κ1) is 13.1. The molecule has 0 fully saturated rings. The molecule has 0 radical (unpaired) electrons. The fourth-order valence-corrected chi connectivity index (χ4v) is 2.42. The molecule has 0 aromatic heterocycles. The molecule has 0 saturated carbocycles. The zero-order valence-electron chi connectivity index (χ0n) is 11.5. The van der Waals surface area contributed by atoms with Crippen LogP contribution < -0.4 is 15.4 Å². The Hall–Kier alpha value is -1.38. The van der Waals surface area contributed by atoms with Gasteiger partial charge in [-0.1, -0.05) is 26.7 Å². The summed E-state index contributed by atoms with van der Waals surface area (Å²) in [6.07, 6.45) is 5.13. The van der Waals surface area contributed by atoms with Crippen molar-refractivity contribution in [2.45, 2.75) is 45.6 Å². The number of hydrogen-bond acceptors (Lipinski definition) is 3. The van der Waals surface area contributed by atoms with Crippen LogP contribution in [0.1, 0.15) is 39.5 Å². The minimum Gasteiger partial charge on any atom is -0.486 e. The van der Waals surface area contributed by atoms with Gasteiger partial charge >= 0.3 is 0 Å².